The highest BCUT2D eigenvalue weighted by molar-refractivity contribution is 8.72. The molecule has 14 heteroatoms. The van der Waals surface area contributed by atoms with Crippen molar-refractivity contribution in [3.63, 3.8) is 0 Å². The highest BCUT2D eigenvalue weighted by atomic mass is 32.8. The van der Waals surface area contributed by atoms with E-state index in [4.69, 9.17) is 15.8 Å². The quantitative estimate of drug-likeness (QED) is 0.374. The zero-order chi connectivity index (χ0) is 25.3. The Labute approximate surface area is 210 Å². The molecule has 0 amide bonds. The maximum absolute atomic E-state index is 13.5. The smallest absolute Gasteiger partial charge is 0.315 e. The first-order valence-electron chi connectivity index (χ1n) is 12.3. The normalized spacial score (nSPS) is 23.4. The van der Waals surface area contributed by atoms with Gasteiger partial charge in [0.2, 0.25) is 0 Å². The Hall–Kier alpha value is -1.27. The van der Waals surface area contributed by atoms with Crippen LogP contribution in [-0.4, -0.2) is 136 Å². The summed E-state index contributed by atoms with van der Waals surface area (Å²) >= 11 is 0. The Bertz CT molecular complexity index is 752. The second-order valence-corrected chi connectivity index (χ2v) is 15.4. The van der Waals surface area contributed by atoms with Crippen molar-refractivity contribution in [1.82, 2.24) is 27.6 Å². The van der Waals surface area contributed by atoms with Gasteiger partial charge in [-0.2, -0.15) is 15.8 Å². The van der Waals surface area contributed by atoms with Crippen LogP contribution in [0, 0.1) is 34.0 Å². The lowest BCUT2D eigenvalue weighted by molar-refractivity contribution is 0.148. The molecule has 0 radical (unpaired) electrons. The molecule has 196 valence electrons. The highest BCUT2D eigenvalue weighted by Crippen LogP contribution is 2.82. The van der Waals surface area contributed by atoms with E-state index >= 15 is 0 Å². The van der Waals surface area contributed by atoms with Gasteiger partial charge in [-0.3, -0.25) is 14.7 Å². The zero-order valence-electron chi connectivity index (χ0n) is 20.4. The summed E-state index contributed by atoms with van der Waals surface area (Å²) in [7, 11) is -2.76. The van der Waals surface area contributed by atoms with Crippen molar-refractivity contribution < 1.29 is 14.4 Å². The van der Waals surface area contributed by atoms with Gasteiger partial charge in [0.1, 0.15) is 0 Å². The summed E-state index contributed by atoms with van der Waals surface area (Å²) < 4.78 is 19.7. The molecule has 3 aliphatic rings. The third-order valence-electron chi connectivity index (χ3n) is 6.97. The summed E-state index contributed by atoms with van der Waals surface area (Å²) in [5.74, 6) is 0. The fraction of sp³-hybridized carbons (Fsp3) is 0.857. The van der Waals surface area contributed by atoms with E-state index in [-0.39, 0.29) is 0 Å². The fourth-order valence-electron chi connectivity index (χ4n) is 5.16. The molecule has 2 N–H and O–H groups in total. The van der Waals surface area contributed by atoms with E-state index in [1.165, 1.54) is 0 Å². The minimum absolute atomic E-state index is 0.450. The van der Waals surface area contributed by atoms with E-state index in [1.54, 1.807) is 0 Å². The molecule has 0 atom stereocenters. The van der Waals surface area contributed by atoms with E-state index in [9.17, 15) is 14.4 Å². The van der Waals surface area contributed by atoms with Crippen LogP contribution in [-0.2, 0) is 4.57 Å². The van der Waals surface area contributed by atoms with E-state index < -0.39 is 17.0 Å². The zero-order valence-corrected chi connectivity index (χ0v) is 22.1. The average molecular weight is 528 g/mol. The number of nitriles is 3. The maximum Gasteiger partial charge on any atom is 0.404 e. The van der Waals surface area contributed by atoms with Crippen LogP contribution < -0.4 is 0 Å². The number of hydrogen-bond donors (Lipinski definition) is 2. The molecule has 3 rings (SSSR count). The lowest BCUT2D eigenvalue weighted by atomic mass is 10.3. The van der Waals surface area contributed by atoms with Crippen molar-refractivity contribution in [2.75, 3.05) is 98.2 Å². The van der Waals surface area contributed by atoms with Crippen molar-refractivity contribution >= 4 is 17.0 Å². The summed E-state index contributed by atoms with van der Waals surface area (Å²) in [5.41, 5.74) is 0. The molecule has 0 aliphatic carbocycles. The third kappa shape index (κ3) is 6.74. The topological polar surface area (TPSA) is 148 Å². The fourth-order valence-corrected chi connectivity index (χ4v) is 13.2. The minimum Gasteiger partial charge on any atom is -0.315 e. The predicted octanol–water partition coefficient (Wildman–Crippen LogP) is 0.223. The SMILES string of the molecule is N#CCCN1CCN(S(N2CCN(CCC#N)CC2)(N2CCN(CCC#N)CC2)P(=O)(O)O)CC1. The van der Waals surface area contributed by atoms with E-state index in [0.29, 0.717) is 117 Å². The molecule has 0 saturated carbocycles. The first-order chi connectivity index (χ1) is 16.9. The van der Waals surface area contributed by atoms with Crippen molar-refractivity contribution in [2.24, 2.45) is 0 Å². The van der Waals surface area contributed by atoms with Gasteiger partial charge in [0, 0.05) is 128 Å². The van der Waals surface area contributed by atoms with Gasteiger partial charge in [-0.25, -0.2) is 17.5 Å². The van der Waals surface area contributed by atoms with Crippen LogP contribution >= 0.6 is 17.0 Å². The van der Waals surface area contributed by atoms with Crippen molar-refractivity contribution in [3.8, 4) is 18.2 Å². The molecule has 0 spiro atoms. The molecular formula is C21H38N9O3PS. The molecule has 3 aliphatic heterocycles. The van der Waals surface area contributed by atoms with Gasteiger partial charge in [0.15, 0.2) is 0 Å². The minimum atomic E-state index is -4.59. The molecule has 12 nitrogen and oxygen atoms in total. The van der Waals surface area contributed by atoms with Crippen LogP contribution in [0.3, 0.4) is 0 Å². The number of hydrogen-bond acceptors (Lipinski definition) is 10. The second kappa shape index (κ2) is 13.3. The van der Waals surface area contributed by atoms with Gasteiger partial charge in [-0.1, -0.05) is 0 Å². The lowest BCUT2D eigenvalue weighted by Gasteiger charge is -2.62. The summed E-state index contributed by atoms with van der Waals surface area (Å²) in [6.45, 7) is 4.84. The van der Waals surface area contributed by atoms with Gasteiger partial charge >= 0.3 is 6.80 Å². The predicted molar refractivity (Wildman–Crippen MR) is 134 cm³/mol. The third-order valence-corrected chi connectivity index (χ3v) is 14.8. The van der Waals surface area contributed by atoms with Crippen LogP contribution in [0.2, 0.25) is 0 Å². The molecule has 0 aromatic carbocycles. The van der Waals surface area contributed by atoms with E-state index in [2.05, 4.69) is 45.8 Å². The van der Waals surface area contributed by atoms with E-state index in [1.807, 2.05) is 0 Å². The maximum atomic E-state index is 13.5. The number of rotatable bonds is 10. The first-order valence-corrected chi connectivity index (χ1v) is 16.0. The lowest BCUT2D eigenvalue weighted by Crippen LogP contribution is -2.61. The molecule has 3 saturated heterocycles. The van der Waals surface area contributed by atoms with Crippen LogP contribution in [0.4, 0.5) is 0 Å². The molecule has 0 aromatic heterocycles. The number of piperazine rings is 3. The summed E-state index contributed by atoms with van der Waals surface area (Å²) in [5, 5.41) is 26.8. The summed E-state index contributed by atoms with van der Waals surface area (Å²) in [4.78, 5) is 28.7. The van der Waals surface area contributed by atoms with Gasteiger partial charge in [0.05, 0.1) is 18.2 Å². The molecule has 0 unspecified atom stereocenters. The highest BCUT2D eigenvalue weighted by Gasteiger charge is 2.56. The van der Waals surface area contributed by atoms with Crippen LogP contribution in [0.25, 0.3) is 0 Å². The van der Waals surface area contributed by atoms with Crippen molar-refractivity contribution in [2.45, 2.75) is 19.3 Å². The Balaban J connectivity index is 1.84. The molecule has 0 aromatic rings. The monoisotopic (exact) mass is 527 g/mol. The largest absolute Gasteiger partial charge is 0.404 e. The Morgan fingerprint density at radius 2 is 0.829 bits per heavy atom. The van der Waals surface area contributed by atoms with E-state index in [0.717, 1.165) is 0 Å². The second-order valence-electron chi connectivity index (χ2n) is 9.02. The molecule has 3 heterocycles. The van der Waals surface area contributed by atoms with Gasteiger partial charge in [-0.05, 0) is 0 Å². The van der Waals surface area contributed by atoms with Gasteiger partial charge in [-0.15, -0.1) is 0 Å². The first kappa shape index (κ1) is 28.3. The van der Waals surface area contributed by atoms with Gasteiger partial charge in [0.25, 0.3) is 0 Å². The summed E-state index contributed by atoms with van der Waals surface area (Å²) in [6.07, 6.45) is 1.35. The molecule has 3 fully saturated rings. The van der Waals surface area contributed by atoms with Gasteiger partial charge < -0.3 is 9.79 Å². The van der Waals surface area contributed by atoms with Crippen LogP contribution in [0.5, 0.6) is 0 Å². The van der Waals surface area contributed by atoms with Crippen molar-refractivity contribution in [3.05, 3.63) is 0 Å². The molecule has 0 bridgehead atoms. The van der Waals surface area contributed by atoms with Crippen LogP contribution in [0.1, 0.15) is 19.3 Å². The Kier molecular flexibility index (Phi) is 10.8. The average Bonchev–Trinajstić information content (AvgIpc) is 2.86. The molecule has 35 heavy (non-hydrogen) atoms. The molecular weight excluding hydrogens is 489 g/mol. The summed E-state index contributed by atoms with van der Waals surface area (Å²) in [6, 6.07) is 6.54. The Morgan fingerprint density at radius 3 is 1.03 bits per heavy atom. The Morgan fingerprint density at radius 1 is 0.571 bits per heavy atom. The number of nitrogens with zero attached hydrogens (tertiary/aromatic N) is 9. The standard InChI is InChI=1S/C21H38N9O3PS/c22-4-1-7-25-10-16-28(17-11-25)35(34(31,32)33,29-18-12-26(13-19-29)8-2-5-23)30-20-14-27(15-21-30)9-3-6-24/h1-3,7-21H2,(H2,31,32,33). The van der Waals surface area contributed by atoms with Crippen molar-refractivity contribution in [1.29, 1.82) is 15.8 Å². The van der Waals surface area contributed by atoms with Crippen LogP contribution in [0.15, 0.2) is 0 Å².